The minimum absolute atomic E-state index is 0.278. The average molecular weight is 357 g/mol. The summed E-state index contributed by atoms with van der Waals surface area (Å²) in [6, 6.07) is 14.0. The zero-order chi connectivity index (χ0) is 18.9. The van der Waals surface area contributed by atoms with Crippen molar-refractivity contribution in [1.82, 2.24) is 4.90 Å². The summed E-state index contributed by atoms with van der Waals surface area (Å²) in [6.45, 7) is 2.55. The molecule has 0 saturated heterocycles. The lowest BCUT2D eigenvalue weighted by Crippen LogP contribution is -2.30. The highest BCUT2D eigenvalue weighted by atomic mass is 16.5. The minimum atomic E-state index is -0.542. The molecule has 0 radical (unpaired) electrons. The van der Waals surface area contributed by atoms with Gasteiger partial charge < -0.3 is 19.1 Å². The highest BCUT2D eigenvalue weighted by Crippen LogP contribution is 2.14. The summed E-state index contributed by atoms with van der Waals surface area (Å²) < 4.78 is 15.5. The van der Waals surface area contributed by atoms with Crippen LogP contribution in [0.4, 0.5) is 0 Å². The van der Waals surface area contributed by atoms with E-state index in [1.165, 1.54) is 4.90 Å². The molecule has 0 bridgehead atoms. The van der Waals surface area contributed by atoms with Crippen molar-refractivity contribution < 1.29 is 23.8 Å². The first-order valence-electron chi connectivity index (χ1n) is 8.30. The van der Waals surface area contributed by atoms with Crippen LogP contribution in [0.5, 0.6) is 11.5 Å². The van der Waals surface area contributed by atoms with Gasteiger partial charge in [-0.25, -0.2) is 4.79 Å². The van der Waals surface area contributed by atoms with Gasteiger partial charge in [-0.1, -0.05) is 12.1 Å². The van der Waals surface area contributed by atoms with E-state index in [-0.39, 0.29) is 12.5 Å². The van der Waals surface area contributed by atoms with Crippen molar-refractivity contribution in [1.29, 1.82) is 0 Å². The number of likely N-dealkylation sites (N-methyl/N-ethyl adjacent to an activating group) is 1. The van der Waals surface area contributed by atoms with E-state index in [0.717, 1.165) is 11.3 Å². The van der Waals surface area contributed by atoms with Gasteiger partial charge in [0.15, 0.2) is 6.61 Å². The Labute approximate surface area is 153 Å². The first-order valence-corrected chi connectivity index (χ1v) is 8.30. The summed E-state index contributed by atoms with van der Waals surface area (Å²) in [5.74, 6) is 0.616. The van der Waals surface area contributed by atoms with Crippen molar-refractivity contribution in [2.45, 2.75) is 13.5 Å². The van der Waals surface area contributed by atoms with Crippen molar-refractivity contribution in [2.75, 3.05) is 27.4 Å². The molecule has 2 rings (SSSR count). The summed E-state index contributed by atoms with van der Waals surface area (Å²) in [5.41, 5.74) is 1.33. The van der Waals surface area contributed by atoms with Crippen LogP contribution in [0, 0.1) is 0 Å². The van der Waals surface area contributed by atoms with E-state index >= 15 is 0 Å². The highest BCUT2D eigenvalue weighted by Gasteiger charge is 2.14. The van der Waals surface area contributed by atoms with Gasteiger partial charge in [0, 0.05) is 13.6 Å². The number of methoxy groups -OCH3 is 1. The lowest BCUT2D eigenvalue weighted by Gasteiger charge is -2.17. The maximum Gasteiger partial charge on any atom is 0.338 e. The molecule has 0 fully saturated rings. The molecule has 1 amide bonds. The predicted molar refractivity (Wildman–Crippen MR) is 97.4 cm³/mol. The molecule has 6 heteroatoms. The Balaban J connectivity index is 1.83. The number of hydrogen-bond acceptors (Lipinski definition) is 5. The van der Waals surface area contributed by atoms with Crippen molar-refractivity contribution in [2.24, 2.45) is 0 Å². The van der Waals surface area contributed by atoms with Crippen LogP contribution in [0.15, 0.2) is 48.5 Å². The van der Waals surface area contributed by atoms with Crippen molar-refractivity contribution in [3.05, 3.63) is 59.7 Å². The van der Waals surface area contributed by atoms with Crippen molar-refractivity contribution in [3.63, 3.8) is 0 Å². The second-order valence-corrected chi connectivity index (χ2v) is 5.63. The third kappa shape index (κ3) is 5.51. The Bertz CT molecular complexity index is 725. The fraction of sp³-hybridized carbons (Fsp3) is 0.300. The summed E-state index contributed by atoms with van der Waals surface area (Å²) in [6.07, 6.45) is 0. The standard InChI is InChI=1S/C20H23NO5/c1-4-25-18-11-7-16(8-12-18)20(23)26-14-19(22)21(2)13-15-5-9-17(24-3)10-6-15/h5-12H,4,13-14H2,1-3H3. The Morgan fingerprint density at radius 1 is 0.962 bits per heavy atom. The second-order valence-electron chi connectivity index (χ2n) is 5.63. The number of ether oxygens (including phenoxy) is 3. The van der Waals surface area contributed by atoms with Crippen LogP contribution >= 0.6 is 0 Å². The Morgan fingerprint density at radius 2 is 1.58 bits per heavy atom. The maximum atomic E-state index is 12.1. The molecule has 6 nitrogen and oxygen atoms in total. The Hall–Kier alpha value is -3.02. The SMILES string of the molecule is CCOc1ccc(C(=O)OCC(=O)N(C)Cc2ccc(OC)cc2)cc1. The van der Waals surface area contributed by atoms with E-state index in [1.807, 2.05) is 31.2 Å². The van der Waals surface area contributed by atoms with Crippen molar-refractivity contribution >= 4 is 11.9 Å². The molecule has 0 aliphatic rings. The van der Waals surface area contributed by atoms with E-state index in [0.29, 0.717) is 24.5 Å². The number of amides is 1. The molecule has 0 spiro atoms. The number of carbonyl (C=O) groups is 2. The maximum absolute atomic E-state index is 12.1. The quantitative estimate of drug-likeness (QED) is 0.680. The molecule has 0 N–H and O–H groups in total. The normalized spacial score (nSPS) is 10.1. The fourth-order valence-electron chi connectivity index (χ4n) is 2.27. The minimum Gasteiger partial charge on any atom is -0.497 e. The number of rotatable bonds is 8. The number of esters is 1. The van der Waals surface area contributed by atoms with Gasteiger partial charge >= 0.3 is 5.97 Å². The largest absolute Gasteiger partial charge is 0.497 e. The molecule has 138 valence electrons. The monoisotopic (exact) mass is 357 g/mol. The predicted octanol–water partition coefficient (Wildman–Crippen LogP) is 2.91. The van der Waals surface area contributed by atoms with Gasteiger partial charge in [-0.15, -0.1) is 0 Å². The summed E-state index contributed by atoms with van der Waals surface area (Å²) in [5, 5.41) is 0. The molecule has 0 atom stereocenters. The van der Waals surface area contributed by atoms with Gasteiger partial charge in [-0.2, -0.15) is 0 Å². The molecule has 0 saturated carbocycles. The van der Waals surface area contributed by atoms with Gasteiger partial charge in [0.1, 0.15) is 11.5 Å². The molecule has 0 aliphatic heterocycles. The Kier molecular flexibility index (Phi) is 7.02. The molecule has 0 unspecified atom stereocenters. The molecule has 2 aromatic rings. The molecule has 2 aromatic carbocycles. The first kappa shape index (κ1) is 19.3. The van der Waals surface area contributed by atoms with Crippen LogP contribution < -0.4 is 9.47 Å². The van der Waals surface area contributed by atoms with Crippen molar-refractivity contribution in [3.8, 4) is 11.5 Å². The Morgan fingerprint density at radius 3 is 2.15 bits per heavy atom. The van der Waals surface area contributed by atoms with E-state index in [1.54, 1.807) is 38.4 Å². The number of nitrogens with zero attached hydrogens (tertiary/aromatic N) is 1. The number of benzene rings is 2. The molecular formula is C20H23NO5. The van der Waals surface area contributed by atoms with Crippen LogP contribution in [0.25, 0.3) is 0 Å². The van der Waals surface area contributed by atoms with Crippen LogP contribution in [-0.4, -0.2) is 44.1 Å². The number of hydrogen-bond donors (Lipinski definition) is 0. The van der Waals surface area contributed by atoms with Gasteiger partial charge in [-0.05, 0) is 48.9 Å². The zero-order valence-electron chi connectivity index (χ0n) is 15.2. The van der Waals surface area contributed by atoms with Gasteiger partial charge in [0.2, 0.25) is 0 Å². The van der Waals surface area contributed by atoms with Gasteiger partial charge in [0.25, 0.3) is 5.91 Å². The first-order chi connectivity index (χ1) is 12.5. The van der Waals surface area contributed by atoms with Crippen LogP contribution in [-0.2, 0) is 16.1 Å². The zero-order valence-corrected chi connectivity index (χ0v) is 15.2. The molecule has 26 heavy (non-hydrogen) atoms. The highest BCUT2D eigenvalue weighted by molar-refractivity contribution is 5.91. The number of carbonyl (C=O) groups excluding carboxylic acids is 2. The van der Waals surface area contributed by atoms with Crippen LogP contribution in [0.1, 0.15) is 22.8 Å². The average Bonchev–Trinajstić information content (AvgIpc) is 2.67. The second kappa shape index (κ2) is 9.46. The lowest BCUT2D eigenvalue weighted by molar-refractivity contribution is -0.133. The molecule has 0 aliphatic carbocycles. The third-order valence-electron chi connectivity index (χ3n) is 3.73. The van der Waals surface area contributed by atoms with Crippen LogP contribution in [0.2, 0.25) is 0 Å². The topological polar surface area (TPSA) is 65.1 Å². The summed E-state index contributed by atoms with van der Waals surface area (Å²) in [4.78, 5) is 25.7. The van der Waals surface area contributed by atoms with Crippen LogP contribution in [0.3, 0.4) is 0 Å². The molecular weight excluding hydrogens is 334 g/mol. The van der Waals surface area contributed by atoms with E-state index < -0.39 is 5.97 Å². The van der Waals surface area contributed by atoms with Gasteiger partial charge in [-0.3, -0.25) is 4.79 Å². The third-order valence-corrected chi connectivity index (χ3v) is 3.73. The van der Waals surface area contributed by atoms with E-state index in [9.17, 15) is 9.59 Å². The lowest BCUT2D eigenvalue weighted by atomic mass is 10.2. The summed E-state index contributed by atoms with van der Waals surface area (Å²) >= 11 is 0. The fourth-order valence-corrected chi connectivity index (χ4v) is 2.27. The molecule has 0 heterocycles. The van der Waals surface area contributed by atoms with Gasteiger partial charge in [0.05, 0.1) is 19.3 Å². The van der Waals surface area contributed by atoms with E-state index in [2.05, 4.69) is 0 Å². The smallest absolute Gasteiger partial charge is 0.338 e. The molecule has 0 aromatic heterocycles. The van der Waals surface area contributed by atoms with E-state index in [4.69, 9.17) is 14.2 Å². The summed E-state index contributed by atoms with van der Waals surface area (Å²) in [7, 11) is 3.26.